The number of rotatable bonds is 13. The van der Waals surface area contributed by atoms with Crippen molar-refractivity contribution in [3.05, 3.63) is 0 Å². The van der Waals surface area contributed by atoms with Gasteiger partial charge in [-0.15, -0.1) is 0 Å². The number of unbranched alkanes of at least 4 members (excludes halogenated alkanes) is 9. The van der Waals surface area contributed by atoms with Gasteiger partial charge in [-0.05, 0) is 12.8 Å². The van der Waals surface area contributed by atoms with Crippen molar-refractivity contribution in [2.45, 2.75) is 77.0 Å². The lowest BCUT2D eigenvalue weighted by Crippen LogP contribution is -1.99. The topological polar surface area (TPSA) is 93.1 Å². The molecule has 0 saturated carbocycles. The molecule has 0 unspecified atom stereocenters. The summed E-state index contributed by atoms with van der Waals surface area (Å²) in [6.45, 7) is 0. The fourth-order valence-corrected chi connectivity index (χ4v) is 2.04. The van der Waals surface area contributed by atoms with Crippen molar-refractivity contribution < 1.29 is 29.9 Å². The minimum absolute atomic E-state index is 0.284. The maximum atomic E-state index is 10.6. The molecule has 20 heavy (non-hydrogen) atoms. The first-order chi connectivity index (χ1) is 9.70. The average Bonchev–Trinajstić information content (AvgIpc) is 2.47. The van der Waals surface area contributed by atoms with Gasteiger partial charge in [0.15, 0.2) is 0 Å². The minimum atomic E-state index is -0.560. The van der Waals surface area contributed by atoms with E-state index in [2.05, 4.69) is 9.78 Å². The largest absolute Gasteiger partial charge is 0.342 e. The smallest absolute Gasteiger partial charge is 0.301 e. The molecule has 0 radical (unpaired) electrons. The molecule has 0 aliphatic rings. The Morgan fingerprint density at radius 1 is 0.550 bits per heavy atom. The summed E-state index contributed by atoms with van der Waals surface area (Å²) in [7, 11) is 0. The van der Waals surface area contributed by atoms with E-state index in [0.717, 1.165) is 51.4 Å². The van der Waals surface area contributed by atoms with E-state index in [9.17, 15) is 9.59 Å². The van der Waals surface area contributed by atoms with Crippen molar-refractivity contribution in [2.75, 3.05) is 0 Å². The zero-order valence-electron chi connectivity index (χ0n) is 12.0. The van der Waals surface area contributed by atoms with Crippen LogP contribution in [0.15, 0.2) is 0 Å². The molecule has 0 amide bonds. The number of hydrogen-bond donors (Lipinski definition) is 2. The van der Waals surface area contributed by atoms with E-state index in [4.69, 9.17) is 10.5 Å². The Balaban J connectivity index is 3.06. The molecule has 6 nitrogen and oxygen atoms in total. The van der Waals surface area contributed by atoms with Gasteiger partial charge in [-0.3, -0.25) is 0 Å². The van der Waals surface area contributed by atoms with E-state index in [1.165, 1.54) is 12.8 Å². The molecular formula is C14H26O6. The van der Waals surface area contributed by atoms with Crippen LogP contribution in [0.3, 0.4) is 0 Å². The first-order valence-electron chi connectivity index (χ1n) is 7.39. The molecule has 0 heterocycles. The van der Waals surface area contributed by atoms with E-state index in [1.54, 1.807) is 0 Å². The molecule has 0 aliphatic carbocycles. The highest BCUT2D eigenvalue weighted by atomic mass is 17.1. The molecule has 0 aliphatic heterocycles. The molecule has 0 aromatic heterocycles. The molecule has 0 fully saturated rings. The van der Waals surface area contributed by atoms with Crippen molar-refractivity contribution >= 4 is 11.9 Å². The summed E-state index contributed by atoms with van der Waals surface area (Å²) in [5.41, 5.74) is 0. The van der Waals surface area contributed by atoms with Crippen LogP contribution in [0.25, 0.3) is 0 Å². The summed E-state index contributed by atoms with van der Waals surface area (Å²) in [5, 5.41) is 16.1. The fraction of sp³-hybridized carbons (Fsp3) is 0.857. The number of hydrogen-bond acceptors (Lipinski definition) is 6. The van der Waals surface area contributed by atoms with Gasteiger partial charge in [0.2, 0.25) is 0 Å². The molecule has 0 spiro atoms. The second-order valence-electron chi connectivity index (χ2n) is 4.96. The van der Waals surface area contributed by atoms with Crippen LogP contribution in [0, 0.1) is 0 Å². The van der Waals surface area contributed by atoms with Gasteiger partial charge < -0.3 is 9.78 Å². The summed E-state index contributed by atoms with van der Waals surface area (Å²) in [4.78, 5) is 28.4. The SMILES string of the molecule is O=C(CCCCCCCCCCCCC(=O)OO)OO. The first-order valence-corrected chi connectivity index (χ1v) is 7.39. The highest BCUT2D eigenvalue weighted by Gasteiger charge is 2.02. The van der Waals surface area contributed by atoms with Gasteiger partial charge in [-0.25, -0.2) is 9.59 Å². The second kappa shape index (κ2) is 14.3. The van der Waals surface area contributed by atoms with Gasteiger partial charge in [0.25, 0.3) is 0 Å². The van der Waals surface area contributed by atoms with Crippen LogP contribution in [0.1, 0.15) is 77.0 Å². The molecule has 118 valence electrons. The summed E-state index contributed by atoms with van der Waals surface area (Å²) in [5.74, 6) is -1.12. The Labute approximate surface area is 119 Å². The van der Waals surface area contributed by atoms with Gasteiger partial charge in [0.05, 0.1) is 0 Å². The molecular weight excluding hydrogens is 264 g/mol. The van der Waals surface area contributed by atoms with E-state index in [1.807, 2.05) is 0 Å². The van der Waals surface area contributed by atoms with Crippen molar-refractivity contribution in [1.29, 1.82) is 0 Å². The minimum Gasteiger partial charge on any atom is -0.301 e. The van der Waals surface area contributed by atoms with Crippen LogP contribution >= 0.6 is 0 Å². The molecule has 0 bridgehead atoms. The lowest BCUT2D eigenvalue weighted by molar-refractivity contribution is -0.234. The third-order valence-corrected chi connectivity index (χ3v) is 3.22. The van der Waals surface area contributed by atoms with Gasteiger partial charge >= 0.3 is 11.9 Å². The number of carbonyl (C=O) groups excluding carboxylic acids is 2. The van der Waals surface area contributed by atoms with E-state index < -0.39 is 11.9 Å². The predicted molar refractivity (Wildman–Crippen MR) is 72.8 cm³/mol. The maximum absolute atomic E-state index is 10.6. The quantitative estimate of drug-likeness (QED) is 0.305. The molecule has 0 aromatic rings. The Hall–Kier alpha value is -1.14. The number of carbonyl (C=O) groups is 2. The molecule has 0 atom stereocenters. The van der Waals surface area contributed by atoms with Gasteiger partial charge in [-0.1, -0.05) is 51.4 Å². The lowest BCUT2D eigenvalue weighted by atomic mass is 10.1. The van der Waals surface area contributed by atoms with E-state index in [0.29, 0.717) is 0 Å². The predicted octanol–water partition coefficient (Wildman–Crippen LogP) is 3.70. The Morgan fingerprint density at radius 2 is 0.800 bits per heavy atom. The highest BCUT2D eigenvalue weighted by Crippen LogP contribution is 2.12. The summed E-state index contributed by atoms with van der Waals surface area (Å²) < 4.78 is 0. The normalized spacial score (nSPS) is 10.3. The van der Waals surface area contributed by atoms with Crippen LogP contribution in [0.4, 0.5) is 0 Å². The van der Waals surface area contributed by atoms with Crippen LogP contribution < -0.4 is 0 Å². The van der Waals surface area contributed by atoms with Crippen molar-refractivity contribution in [2.24, 2.45) is 0 Å². The third kappa shape index (κ3) is 13.3. The molecule has 0 rings (SSSR count). The van der Waals surface area contributed by atoms with Gasteiger partial charge in [-0.2, -0.15) is 10.5 Å². The van der Waals surface area contributed by atoms with Crippen LogP contribution in [-0.4, -0.2) is 22.5 Å². The first kappa shape index (κ1) is 18.9. The van der Waals surface area contributed by atoms with Crippen LogP contribution in [-0.2, 0) is 19.4 Å². The molecule has 2 N–H and O–H groups in total. The van der Waals surface area contributed by atoms with Crippen molar-refractivity contribution in [1.82, 2.24) is 0 Å². The van der Waals surface area contributed by atoms with Crippen LogP contribution in [0.5, 0.6) is 0 Å². The van der Waals surface area contributed by atoms with Crippen LogP contribution in [0.2, 0.25) is 0 Å². The standard InChI is InChI=1S/C14H26O6/c15-13(19-17)11-9-7-5-3-1-2-4-6-8-10-12-14(16)20-18/h17-18H,1-12H2. The summed E-state index contributed by atoms with van der Waals surface area (Å²) in [6.07, 6.45) is 10.9. The Kier molecular flexibility index (Phi) is 13.5. The summed E-state index contributed by atoms with van der Waals surface area (Å²) in [6, 6.07) is 0. The Morgan fingerprint density at radius 3 is 1.05 bits per heavy atom. The monoisotopic (exact) mass is 290 g/mol. The van der Waals surface area contributed by atoms with Crippen molar-refractivity contribution in [3.63, 3.8) is 0 Å². The zero-order valence-corrected chi connectivity index (χ0v) is 12.0. The highest BCUT2D eigenvalue weighted by molar-refractivity contribution is 5.68. The molecule has 0 saturated heterocycles. The third-order valence-electron chi connectivity index (χ3n) is 3.22. The molecule has 0 aromatic carbocycles. The van der Waals surface area contributed by atoms with Gasteiger partial charge in [0, 0.05) is 12.8 Å². The summed E-state index contributed by atoms with van der Waals surface area (Å²) >= 11 is 0. The molecule has 6 heteroatoms. The van der Waals surface area contributed by atoms with E-state index >= 15 is 0 Å². The zero-order chi connectivity index (χ0) is 15.1. The second-order valence-corrected chi connectivity index (χ2v) is 4.96. The Bertz CT molecular complexity index is 228. The lowest BCUT2D eigenvalue weighted by Gasteiger charge is -2.02. The van der Waals surface area contributed by atoms with Gasteiger partial charge in [0.1, 0.15) is 0 Å². The maximum Gasteiger partial charge on any atom is 0.342 e. The van der Waals surface area contributed by atoms with Crippen molar-refractivity contribution in [3.8, 4) is 0 Å². The van der Waals surface area contributed by atoms with E-state index in [-0.39, 0.29) is 12.8 Å². The average molecular weight is 290 g/mol. The fourth-order valence-electron chi connectivity index (χ4n) is 2.04.